The van der Waals surface area contributed by atoms with Gasteiger partial charge in [-0.1, -0.05) is 30.3 Å². The maximum Gasteiger partial charge on any atom is 0.387 e. The van der Waals surface area contributed by atoms with Crippen LogP contribution in [0.5, 0.6) is 23.0 Å². The lowest BCUT2D eigenvalue weighted by molar-refractivity contribution is -0.266. The van der Waals surface area contributed by atoms with Gasteiger partial charge in [-0.05, 0) is 77.2 Å². The smallest absolute Gasteiger partial charge is 0.387 e. The Balaban J connectivity index is 1.19. The van der Waals surface area contributed by atoms with E-state index in [0.29, 0.717) is 0 Å². The predicted octanol–water partition coefficient (Wildman–Crippen LogP) is 5.88. The molecule has 0 heterocycles. The van der Waals surface area contributed by atoms with Crippen LogP contribution >= 0.6 is 0 Å². The molecule has 15 heteroatoms. The van der Waals surface area contributed by atoms with Crippen molar-refractivity contribution in [1.82, 2.24) is 0 Å². The Bertz CT molecular complexity index is 2600. The Morgan fingerprint density at radius 2 is 1.12 bits per heavy atom. The quantitative estimate of drug-likeness (QED) is 0.106. The van der Waals surface area contributed by atoms with Crippen molar-refractivity contribution in [2.45, 2.75) is 9.79 Å². The van der Waals surface area contributed by atoms with E-state index in [1.807, 2.05) is 0 Å². The summed E-state index contributed by atoms with van der Waals surface area (Å²) in [5, 5.41) is 43.1. The van der Waals surface area contributed by atoms with Crippen LogP contribution in [0, 0.1) is 10.8 Å². The van der Waals surface area contributed by atoms with Gasteiger partial charge in [0.05, 0.1) is 6.07 Å². The zero-order valence-electron chi connectivity index (χ0n) is 24.2. The van der Waals surface area contributed by atoms with Gasteiger partial charge in [-0.3, -0.25) is 4.79 Å². The molecular formula is C33H18N4O9S2. The van der Waals surface area contributed by atoms with Gasteiger partial charge in [0.15, 0.2) is 15.7 Å². The summed E-state index contributed by atoms with van der Waals surface area (Å²) in [6, 6.07) is 23.2. The number of carbonyl (C=O) groups excluding carboxylic acids is 1. The van der Waals surface area contributed by atoms with Crippen molar-refractivity contribution in [2.24, 2.45) is 0 Å². The highest BCUT2D eigenvalue weighted by atomic mass is 32.2. The number of carbonyl (C=O) groups is 1. The van der Waals surface area contributed by atoms with Crippen molar-refractivity contribution in [2.75, 3.05) is 0 Å². The Kier molecular flexibility index (Phi) is 7.85. The van der Waals surface area contributed by atoms with Crippen molar-refractivity contribution < 1.29 is 40.2 Å². The molecule has 0 spiro atoms. The number of ketones is 1. The van der Waals surface area contributed by atoms with E-state index in [9.17, 15) is 37.2 Å². The van der Waals surface area contributed by atoms with Crippen LogP contribution in [0.25, 0.3) is 31.5 Å². The van der Waals surface area contributed by atoms with Gasteiger partial charge in [0.1, 0.15) is 21.3 Å². The predicted molar refractivity (Wildman–Crippen MR) is 168 cm³/mol. The van der Waals surface area contributed by atoms with Gasteiger partial charge in [0, 0.05) is 34.0 Å². The highest BCUT2D eigenvalue weighted by Crippen LogP contribution is 2.37. The molecule has 0 N–H and O–H groups in total. The molecule has 6 aromatic rings. The Morgan fingerprint density at radius 3 is 1.71 bits per heavy atom. The first-order chi connectivity index (χ1) is 22.9. The largest absolute Gasteiger partial charge is 0.872 e. The number of benzene rings is 6. The normalized spacial score (nSPS) is 11.5. The van der Waals surface area contributed by atoms with Gasteiger partial charge in [-0.15, -0.1) is 5.75 Å². The molecule has 0 saturated carbocycles. The van der Waals surface area contributed by atoms with E-state index in [0.717, 1.165) is 6.07 Å². The zero-order chi connectivity index (χ0) is 34.2. The highest BCUT2D eigenvalue weighted by molar-refractivity contribution is 7.87. The number of hydrogen-bond acceptors (Lipinski definition) is 11. The lowest BCUT2D eigenvalue weighted by atomic mass is 10.0. The summed E-state index contributed by atoms with van der Waals surface area (Å²) in [7, 11) is -8.95. The molecule has 0 bridgehead atoms. The van der Waals surface area contributed by atoms with E-state index in [2.05, 4.69) is 9.95 Å². The van der Waals surface area contributed by atoms with Gasteiger partial charge >= 0.3 is 31.6 Å². The van der Waals surface area contributed by atoms with Crippen molar-refractivity contribution in [3.05, 3.63) is 130 Å². The maximum absolute atomic E-state index is 13.2. The van der Waals surface area contributed by atoms with E-state index in [1.165, 1.54) is 103 Å². The second kappa shape index (κ2) is 12.0. The summed E-state index contributed by atoms with van der Waals surface area (Å²) in [6.07, 6.45) is 0. The number of hydrogen-bond donors (Lipinski definition) is 0. The molecule has 48 heavy (non-hydrogen) atoms. The van der Waals surface area contributed by atoms with Crippen LogP contribution in [0.3, 0.4) is 0 Å². The molecule has 13 nitrogen and oxygen atoms in total. The minimum absolute atomic E-state index is 0.0168. The van der Waals surface area contributed by atoms with Crippen LogP contribution in [0.1, 0.15) is 15.9 Å². The third-order valence-corrected chi connectivity index (χ3v) is 9.86. The highest BCUT2D eigenvalue weighted by Gasteiger charge is 2.25. The van der Waals surface area contributed by atoms with Gasteiger partial charge < -0.3 is 18.6 Å². The number of fused-ring (bicyclic) bond motifs is 2. The molecule has 0 amide bonds. The van der Waals surface area contributed by atoms with E-state index in [1.54, 1.807) is 0 Å². The minimum Gasteiger partial charge on any atom is -0.872 e. The lowest BCUT2D eigenvalue weighted by Gasteiger charge is -2.13. The molecule has 0 aliphatic rings. The van der Waals surface area contributed by atoms with Crippen LogP contribution in [0.4, 0.5) is 11.4 Å². The topological polar surface area (TPSA) is 206 Å². The van der Waals surface area contributed by atoms with Crippen LogP contribution in [-0.4, -0.2) is 22.6 Å². The third-order valence-electron chi connectivity index (χ3n) is 7.26. The first kappa shape index (κ1) is 31.4. The Hall–Kier alpha value is -6.55. The van der Waals surface area contributed by atoms with Crippen LogP contribution < -0.4 is 18.6 Å². The lowest BCUT2D eigenvalue weighted by Crippen LogP contribution is -2.11. The fourth-order valence-electron chi connectivity index (χ4n) is 4.99. The first-order valence-electron chi connectivity index (χ1n) is 13.7. The molecule has 6 aromatic carbocycles. The van der Waals surface area contributed by atoms with Crippen molar-refractivity contribution in [3.8, 4) is 23.0 Å². The Labute approximate surface area is 272 Å². The second-order valence-corrected chi connectivity index (χ2v) is 13.2. The summed E-state index contributed by atoms with van der Waals surface area (Å²) >= 11 is 0. The molecule has 0 unspecified atom stereocenters. The molecule has 6 rings (SSSR count). The van der Waals surface area contributed by atoms with Crippen LogP contribution in [-0.2, 0) is 20.2 Å². The number of rotatable bonds is 8. The SMILES string of the molecule is N#[N+]c1cc(S(=O)(=O)Oc2ccc(C(=O)c3ccc(OS(=O)(=O)c4cccc5c([O-])c([N+]#N)ccc45)cc3)cc2)c2cccc([O-])c2c1. The molecule has 0 saturated heterocycles. The molecule has 0 atom stereocenters. The minimum atomic E-state index is -4.52. The van der Waals surface area contributed by atoms with Crippen molar-refractivity contribution >= 4 is 58.9 Å². The summed E-state index contributed by atoms with van der Waals surface area (Å²) in [5.74, 6) is -1.87. The molecular weight excluding hydrogens is 661 g/mol. The standard InChI is InChI=1S/C33H18N4O9S2/c34-36-21-17-27-24(3-1-5-29(27)38)31(18-21)48(43,44)46-23-13-9-20(10-14-23)32(39)19-7-11-22(12-8-19)45-47(41,42)30-6-2-4-26-25(30)15-16-28(37-35)33(26)40/h1-18H. The van der Waals surface area contributed by atoms with E-state index in [-0.39, 0.29) is 60.4 Å². The fourth-order valence-corrected chi connectivity index (χ4v) is 7.31. The molecule has 0 fully saturated rings. The molecule has 0 aromatic heterocycles. The van der Waals surface area contributed by atoms with Gasteiger partial charge in [0.25, 0.3) is 0 Å². The van der Waals surface area contributed by atoms with E-state index < -0.39 is 42.4 Å². The van der Waals surface area contributed by atoms with Crippen LogP contribution in [0.15, 0.2) is 119 Å². The van der Waals surface area contributed by atoms with Crippen molar-refractivity contribution in [3.63, 3.8) is 0 Å². The molecule has 0 radical (unpaired) electrons. The molecule has 0 aliphatic heterocycles. The van der Waals surface area contributed by atoms with Gasteiger partial charge in [-0.2, -0.15) is 16.8 Å². The average Bonchev–Trinajstić information content (AvgIpc) is 3.08. The monoisotopic (exact) mass is 678 g/mol. The third kappa shape index (κ3) is 5.78. The van der Waals surface area contributed by atoms with E-state index in [4.69, 9.17) is 13.8 Å². The average molecular weight is 679 g/mol. The summed E-state index contributed by atoms with van der Waals surface area (Å²) < 4.78 is 63.0. The first-order valence-corrected chi connectivity index (χ1v) is 16.5. The van der Waals surface area contributed by atoms with Crippen LogP contribution in [0.2, 0.25) is 0 Å². The summed E-state index contributed by atoms with van der Waals surface area (Å²) in [4.78, 5) is 18.4. The van der Waals surface area contributed by atoms with Gasteiger partial charge in [0.2, 0.25) is 10.8 Å². The molecule has 0 aliphatic carbocycles. The fraction of sp³-hybridized carbons (Fsp3) is 0. The number of nitrogens with zero attached hydrogens (tertiary/aromatic N) is 4. The summed E-state index contributed by atoms with van der Waals surface area (Å²) in [5.41, 5.74) is -0.0998. The van der Waals surface area contributed by atoms with Gasteiger partial charge in [-0.25, -0.2) is 0 Å². The van der Waals surface area contributed by atoms with Crippen molar-refractivity contribution in [1.29, 1.82) is 10.8 Å². The number of diazo groups is 2. The summed E-state index contributed by atoms with van der Waals surface area (Å²) in [6.45, 7) is 0. The van der Waals surface area contributed by atoms with E-state index >= 15 is 0 Å². The Morgan fingerprint density at radius 1 is 0.583 bits per heavy atom. The molecule has 236 valence electrons. The maximum atomic E-state index is 13.2. The zero-order valence-corrected chi connectivity index (χ0v) is 25.8. The second-order valence-electron chi connectivity index (χ2n) is 10.2.